The van der Waals surface area contributed by atoms with Crippen LogP contribution in [0.4, 0.5) is 4.79 Å². The first-order valence-corrected chi connectivity index (χ1v) is 14.7. The van der Waals surface area contributed by atoms with E-state index in [1.165, 1.54) is 51.4 Å². The molecule has 5 nitrogen and oxygen atoms in total. The number of fused-ring (bicyclic) bond motifs is 4. The Morgan fingerprint density at radius 1 is 1.00 bits per heavy atom. The Balaban J connectivity index is 0.00000267. The van der Waals surface area contributed by atoms with Crippen molar-refractivity contribution in [1.29, 1.82) is 0 Å². The molecule has 2 spiro atoms. The van der Waals surface area contributed by atoms with Gasteiger partial charge in [-0.3, -0.25) is 0 Å². The molecule has 5 heteroatoms. The third-order valence-electron chi connectivity index (χ3n) is 13.1. The van der Waals surface area contributed by atoms with Crippen LogP contribution in [0.15, 0.2) is 0 Å². The van der Waals surface area contributed by atoms with Gasteiger partial charge >= 0.3 is 6.09 Å². The third-order valence-corrected chi connectivity index (χ3v) is 13.1. The standard InChI is InChI=1S/C30H49NO4.H2/c1-17(2)25(35-26(33)31-6)21-9-7-19-22(34-21)15-20-18-8-10-23-27(3,4)24(32)11-12-30(23)16-29(18,30)14-13-28(19,20)5;/h17-25,32H,7-16H2,1-6H3,(H,31,33);1H/t18?,19?,20?,21?,22?,23?,24-,25+,28+,29-,30+;/m0./s1. The smallest absolute Gasteiger partial charge is 0.407 e. The fourth-order valence-electron chi connectivity index (χ4n) is 11.3. The molecule has 6 aliphatic rings. The van der Waals surface area contributed by atoms with E-state index < -0.39 is 0 Å². The number of amides is 1. The summed E-state index contributed by atoms with van der Waals surface area (Å²) in [4.78, 5) is 12.0. The molecule has 0 aromatic carbocycles. The largest absolute Gasteiger partial charge is 0.443 e. The summed E-state index contributed by atoms with van der Waals surface area (Å²) in [6.07, 6.45) is 12.1. The Bertz CT molecular complexity index is 879. The third kappa shape index (κ3) is 3.15. The van der Waals surface area contributed by atoms with Crippen molar-refractivity contribution < 1.29 is 20.8 Å². The van der Waals surface area contributed by atoms with Gasteiger partial charge in [-0.25, -0.2) is 4.79 Å². The predicted octanol–water partition coefficient (Wildman–Crippen LogP) is 6.18. The Hall–Kier alpha value is -0.810. The zero-order valence-corrected chi connectivity index (χ0v) is 22.9. The van der Waals surface area contributed by atoms with Crippen LogP contribution in [0.25, 0.3) is 0 Å². The fourth-order valence-corrected chi connectivity index (χ4v) is 11.3. The van der Waals surface area contributed by atoms with Gasteiger partial charge in [0.2, 0.25) is 0 Å². The Labute approximate surface area is 214 Å². The maximum Gasteiger partial charge on any atom is 0.407 e. The van der Waals surface area contributed by atoms with Crippen molar-refractivity contribution in [3.8, 4) is 0 Å². The lowest BCUT2D eigenvalue weighted by Gasteiger charge is -2.59. The molecule has 0 aromatic heterocycles. The highest BCUT2D eigenvalue weighted by atomic mass is 16.6. The molecule has 6 fully saturated rings. The van der Waals surface area contributed by atoms with E-state index in [1.807, 2.05) is 0 Å². The van der Waals surface area contributed by atoms with Gasteiger partial charge in [-0.15, -0.1) is 0 Å². The van der Waals surface area contributed by atoms with E-state index in [0.717, 1.165) is 24.7 Å². The second-order valence-corrected chi connectivity index (χ2v) is 14.7. The molecule has 6 unspecified atom stereocenters. The second-order valence-electron chi connectivity index (χ2n) is 14.7. The number of hydrogen-bond donors (Lipinski definition) is 2. The first-order valence-electron chi connectivity index (χ1n) is 14.7. The summed E-state index contributed by atoms with van der Waals surface area (Å²) in [6.45, 7) is 11.6. The molecular weight excluding hydrogens is 438 g/mol. The molecule has 6 rings (SSSR count). The summed E-state index contributed by atoms with van der Waals surface area (Å²) in [6, 6.07) is 0. The highest BCUT2D eigenvalue weighted by Gasteiger charge is 2.80. The number of aliphatic hydroxyl groups is 1. The van der Waals surface area contributed by atoms with Crippen molar-refractivity contribution >= 4 is 6.09 Å². The van der Waals surface area contributed by atoms with Gasteiger partial charge < -0.3 is 19.9 Å². The number of rotatable bonds is 3. The first kappa shape index (κ1) is 24.5. The number of ether oxygens (including phenoxy) is 2. The molecule has 35 heavy (non-hydrogen) atoms. The fraction of sp³-hybridized carbons (Fsp3) is 0.967. The van der Waals surface area contributed by atoms with Crippen molar-refractivity contribution in [2.45, 2.75) is 123 Å². The highest BCUT2D eigenvalue weighted by molar-refractivity contribution is 5.66. The molecule has 11 atom stereocenters. The van der Waals surface area contributed by atoms with Gasteiger partial charge in [-0.2, -0.15) is 0 Å². The highest BCUT2D eigenvalue weighted by Crippen LogP contribution is 2.87. The van der Waals surface area contributed by atoms with E-state index in [1.54, 1.807) is 7.05 Å². The molecule has 1 amide bonds. The lowest BCUT2D eigenvalue weighted by Crippen LogP contribution is -2.54. The van der Waals surface area contributed by atoms with Crippen molar-refractivity contribution in [3.05, 3.63) is 0 Å². The van der Waals surface area contributed by atoms with Crippen LogP contribution in [0.2, 0.25) is 0 Å². The molecule has 1 saturated heterocycles. The Morgan fingerprint density at radius 3 is 2.46 bits per heavy atom. The first-order chi connectivity index (χ1) is 16.5. The summed E-state index contributed by atoms with van der Waals surface area (Å²) in [5.41, 5.74) is 1.49. The maximum atomic E-state index is 12.0. The number of hydrogen-bond acceptors (Lipinski definition) is 4. The van der Waals surface area contributed by atoms with Crippen LogP contribution in [-0.2, 0) is 9.47 Å². The molecule has 2 N–H and O–H groups in total. The molecule has 0 aromatic rings. The van der Waals surface area contributed by atoms with E-state index in [2.05, 4.69) is 39.9 Å². The minimum Gasteiger partial charge on any atom is -0.443 e. The topological polar surface area (TPSA) is 67.8 Å². The Morgan fingerprint density at radius 2 is 1.74 bits per heavy atom. The van der Waals surface area contributed by atoms with Crippen LogP contribution in [0.3, 0.4) is 0 Å². The molecule has 0 radical (unpaired) electrons. The summed E-state index contributed by atoms with van der Waals surface area (Å²) in [5, 5.41) is 13.5. The van der Waals surface area contributed by atoms with Crippen LogP contribution >= 0.6 is 0 Å². The molecule has 1 heterocycles. The van der Waals surface area contributed by atoms with Gasteiger partial charge in [0.1, 0.15) is 6.10 Å². The van der Waals surface area contributed by atoms with Gasteiger partial charge in [-0.05, 0) is 115 Å². The summed E-state index contributed by atoms with van der Waals surface area (Å²) in [7, 11) is 1.63. The van der Waals surface area contributed by atoms with Crippen molar-refractivity contribution in [2.75, 3.05) is 7.05 Å². The number of carbonyl (C=O) groups is 1. The minimum absolute atomic E-state index is 0. The van der Waals surface area contributed by atoms with Crippen LogP contribution in [0.5, 0.6) is 0 Å². The predicted molar refractivity (Wildman–Crippen MR) is 138 cm³/mol. The summed E-state index contributed by atoms with van der Waals surface area (Å²) in [5.74, 6) is 3.17. The number of aliphatic hydroxyl groups excluding tert-OH is 1. The average molecular weight is 490 g/mol. The molecule has 200 valence electrons. The van der Waals surface area contributed by atoms with E-state index in [9.17, 15) is 9.90 Å². The maximum absolute atomic E-state index is 12.0. The van der Waals surface area contributed by atoms with Gasteiger partial charge in [0.05, 0.1) is 18.3 Å². The van der Waals surface area contributed by atoms with Crippen LogP contribution in [0, 0.1) is 51.2 Å². The van der Waals surface area contributed by atoms with Crippen LogP contribution in [0.1, 0.15) is 100 Å². The number of alkyl carbamates (subject to hydrolysis) is 1. The quantitative estimate of drug-likeness (QED) is 0.497. The lowest BCUT2D eigenvalue weighted by molar-refractivity contribution is -0.148. The Kier molecular flexibility index (Phi) is 5.50. The normalized spacial score (nSPS) is 52.3. The molecular formula is C30H51NO4. The van der Waals surface area contributed by atoms with Gasteiger partial charge in [0.25, 0.3) is 0 Å². The second kappa shape index (κ2) is 7.85. The SMILES string of the molecule is CNC(=O)O[C@H](C(C)C)C1CCC2C(CC3C4CCC5C(C)(C)[C@@H](O)CC[C@@]56C[C@@]46CC[C@]23C)O1.[HH]. The average Bonchev–Trinajstić information content (AvgIpc) is 3.40. The van der Waals surface area contributed by atoms with E-state index >= 15 is 0 Å². The monoisotopic (exact) mass is 489 g/mol. The van der Waals surface area contributed by atoms with Gasteiger partial charge in [0.15, 0.2) is 0 Å². The summed E-state index contributed by atoms with van der Waals surface area (Å²) >= 11 is 0. The minimum atomic E-state index is -0.347. The van der Waals surface area contributed by atoms with E-state index in [-0.39, 0.29) is 37.2 Å². The van der Waals surface area contributed by atoms with Gasteiger partial charge in [-0.1, -0.05) is 34.6 Å². The van der Waals surface area contributed by atoms with E-state index in [0.29, 0.717) is 34.2 Å². The molecule has 0 bridgehead atoms. The summed E-state index contributed by atoms with van der Waals surface area (Å²) < 4.78 is 12.7. The lowest BCUT2D eigenvalue weighted by atomic mass is 9.46. The number of carbonyl (C=O) groups excluding carboxylic acids is 1. The van der Waals surface area contributed by atoms with Crippen LogP contribution < -0.4 is 5.32 Å². The zero-order valence-electron chi connectivity index (χ0n) is 22.9. The molecule has 5 aliphatic carbocycles. The number of nitrogens with one attached hydrogen (secondary N) is 1. The van der Waals surface area contributed by atoms with E-state index in [4.69, 9.17) is 9.47 Å². The molecule has 5 saturated carbocycles. The zero-order chi connectivity index (χ0) is 25.0. The van der Waals surface area contributed by atoms with Crippen molar-refractivity contribution in [2.24, 2.45) is 51.2 Å². The van der Waals surface area contributed by atoms with Crippen molar-refractivity contribution in [1.82, 2.24) is 5.32 Å². The van der Waals surface area contributed by atoms with Crippen molar-refractivity contribution in [3.63, 3.8) is 0 Å². The van der Waals surface area contributed by atoms with Gasteiger partial charge in [0, 0.05) is 8.47 Å². The van der Waals surface area contributed by atoms with Crippen LogP contribution in [-0.4, -0.2) is 42.7 Å². The molecule has 1 aliphatic heterocycles.